The average Bonchev–Trinajstić information content (AvgIpc) is 4.02. The van der Waals surface area contributed by atoms with E-state index < -0.39 is 24.0 Å². The highest BCUT2D eigenvalue weighted by atomic mass is 16.5. The first-order valence-electron chi connectivity index (χ1n) is 20.4. The van der Waals surface area contributed by atoms with Crippen molar-refractivity contribution in [2.24, 2.45) is 27.7 Å². The molecule has 3 amide bonds. The maximum atomic E-state index is 13.7. The number of nitrogens with zero attached hydrogens (tertiary/aromatic N) is 4. The minimum absolute atomic E-state index is 0.0179. The van der Waals surface area contributed by atoms with Gasteiger partial charge in [-0.25, -0.2) is 4.79 Å². The van der Waals surface area contributed by atoms with Gasteiger partial charge in [0, 0.05) is 42.7 Å². The van der Waals surface area contributed by atoms with Gasteiger partial charge in [0.1, 0.15) is 6.04 Å². The zero-order valence-corrected chi connectivity index (χ0v) is 34.2. The first-order valence-corrected chi connectivity index (χ1v) is 20.4. The predicted octanol–water partition coefficient (Wildman–Crippen LogP) is 7.55. The number of aliphatic imine (C=N–C) groups is 2. The Morgan fingerprint density at radius 2 is 1.38 bits per heavy atom. The summed E-state index contributed by atoms with van der Waals surface area (Å²) in [6.07, 6.45) is 5.36. The third-order valence-electron chi connectivity index (χ3n) is 12.2. The van der Waals surface area contributed by atoms with E-state index in [0.717, 1.165) is 64.4 Å². The van der Waals surface area contributed by atoms with Crippen molar-refractivity contribution in [3.8, 4) is 11.1 Å². The Hall–Kier alpha value is -5.65. The molecular weight excluding hydrogens is 735 g/mol. The van der Waals surface area contributed by atoms with Crippen molar-refractivity contribution < 1.29 is 33.4 Å². The van der Waals surface area contributed by atoms with E-state index in [9.17, 15) is 24.0 Å². The maximum absolute atomic E-state index is 13.7. The second-order valence-electron chi connectivity index (χ2n) is 16.5. The van der Waals surface area contributed by atoms with Gasteiger partial charge in [-0.15, -0.1) is 0 Å². The Bertz CT molecular complexity index is 2240. The topological polar surface area (TPSA) is 147 Å². The summed E-state index contributed by atoms with van der Waals surface area (Å²) in [4.78, 5) is 78.5. The van der Waals surface area contributed by atoms with Crippen LogP contribution < -0.4 is 5.32 Å². The largest absolute Gasteiger partial charge is 0.469 e. The molecule has 0 spiro atoms. The summed E-state index contributed by atoms with van der Waals surface area (Å²) in [6.45, 7) is 8.89. The quantitative estimate of drug-likeness (QED) is 0.198. The maximum Gasteiger partial charge on any atom is 0.407 e. The van der Waals surface area contributed by atoms with E-state index in [1.807, 2.05) is 61.9 Å². The number of Topliss-reactive ketones (excluding diaryl/α,β-unsaturated/α-hetero) is 1. The number of carbonyl (C=O) groups is 5. The standard InChI is InChI=1S/C46H53N5O7/c1-26(2)34(23-42(53)57-5)44(54)50-17-8-10-40(50)38-24-41(52)35-21-32(15-16-36(35)48-38)30-12-11-29-20-31(14-13-28(29)19-30)33-22-37(47-25-33)39-9-7-18-51(39)45(55)43(27(3)4)49-46(56)58-6/h11-16,19-21,25-27,34,39-40,43H,7-10,17-18,22-24H2,1-6H3,(H,49,56)/t34-,39-,40-,43-/m0/s1. The van der Waals surface area contributed by atoms with Gasteiger partial charge in [-0.2, -0.15) is 0 Å². The zero-order chi connectivity index (χ0) is 41.2. The molecule has 4 heterocycles. The number of amides is 3. The number of methoxy groups -OCH3 is 2. The van der Waals surface area contributed by atoms with Crippen LogP contribution in [0.2, 0.25) is 0 Å². The number of carbonyl (C=O) groups excluding carboxylic acids is 5. The molecule has 3 aromatic rings. The number of nitrogens with one attached hydrogen (secondary N) is 1. The molecule has 7 rings (SSSR count). The average molecular weight is 788 g/mol. The number of benzene rings is 3. The molecule has 3 aromatic carbocycles. The van der Waals surface area contributed by atoms with Crippen LogP contribution in [0.1, 0.15) is 88.6 Å². The molecule has 4 aliphatic rings. The third kappa shape index (κ3) is 8.19. The molecule has 0 aromatic heterocycles. The molecule has 58 heavy (non-hydrogen) atoms. The molecule has 0 saturated carbocycles. The monoisotopic (exact) mass is 787 g/mol. The van der Waals surface area contributed by atoms with Crippen molar-refractivity contribution in [3.63, 3.8) is 0 Å². The van der Waals surface area contributed by atoms with Gasteiger partial charge < -0.3 is 24.6 Å². The highest BCUT2D eigenvalue weighted by molar-refractivity contribution is 6.18. The van der Waals surface area contributed by atoms with Gasteiger partial charge in [0.05, 0.1) is 50.8 Å². The molecule has 4 aliphatic heterocycles. The Labute approximate surface area is 339 Å². The van der Waals surface area contributed by atoms with Crippen LogP contribution in [0.5, 0.6) is 0 Å². The van der Waals surface area contributed by atoms with Crippen LogP contribution in [0, 0.1) is 17.8 Å². The highest BCUT2D eigenvalue weighted by Gasteiger charge is 2.40. The van der Waals surface area contributed by atoms with E-state index >= 15 is 0 Å². The predicted molar refractivity (Wildman–Crippen MR) is 224 cm³/mol. The van der Waals surface area contributed by atoms with Gasteiger partial charge in [-0.05, 0) is 94.8 Å². The Kier molecular flexibility index (Phi) is 11.9. The van der Waals surface area contributed by atoms with Gasteiger partial charge in [0.2, 0.25) is 11.8 Å². The van der Waals surface area contributed by atoms with E-state index in [0.29, 0.717) is 36.5 Å². The van der Waals surface area contributed by atoms with Crippen LogP contribution in [0.25, 0.3) is 27.5 Å². The van der Waals surface area contributed by atoms with Gasteiger partial charge in [0.15, 0.2) is 5.78 Å². The normalized spacial score (nSPS) is 20.1. The van der Waals surface area contributed by atoms with Crippen LogP contribution in [-0.2, 0) is 23.9 Å². The molecule has 0 bridgehead atoms. The minimum Gasteiger partial charge on any atom is -0.469 e. The summed E-state index contributed by atoms with van der Waals surface area (Å²) in [6, 6.07) is 17.4. The smallest absolute Gasteiger partial charge is 0.407 e. The molecule has 1 N–H and O–H groups in total. The van der Waals surface area contributed by atoms with Crippen LogP contribution in [-0.4, -0.2) is 96.3 Å². The van der Waals surface area contributed by atoms with Gasteiger partial charge in [0.25, 0.3) is 0 Å². The molecule has 0 radical (unpaired) electrons. The lowest BCUT2D eigenvalue weighted by Gasteiger charge is -2.32. The summed E-state index contributed by atoms with van der Waals surface area (Å²) < 4.78 is 9.64. The van der Waals surface area contributed by atoms with E-state index in [1.165, 1.54) is 14.2 Å². The molecule has 12 heteroatoms. The number of rotatable bonds is 11. The van der Waals surface area contributed by atoms with Crippen molar-refractivity contribution >= 4 is 63.1 Å². The van der Waals surface area contributed by atoms with Crippen molar-refractivity contribution in [2.45, 2.75) is 90.8 Å². The van der Waals surface area contributed by atoms with Gasteiger partial charge in [-0.1, -0.05) is 58.0 Å². The highest BCUT2D eigenvalue weighted by Crippen LogP contribution is 2.37. The summed E-state index contributed by atoms with van der Waals surface area (Å²) in [5.41, 5.74) is 6.92. The number of alkyl carbamates (subject to hydrolysis) is 1. The fourth-order valence-electron chi connectivity index (χ4n) is 8.85. The van der Waals surface area contributed by atoms with Gasteiger partial charge in [-0.3, -0.25) is 29.2 Å². The molecule has 2 fully saturated rings. The molecule has 2 saturated heterocycles. The van der Waals surface area contributed by atoms with E-state index in [4.69, 9.17) is 19.5 Å². The number of esters is 1. The second kappa shape index (κ2) is 17.1. The van der Waals surface area contributed by atoms with Crippen molar-refractivity contribution in [2.75, 3.05) is 27.3 Å². The summed E-state index contributed by atoms with van der Waals surface area (Å²) >= 11 is 0. The molecular formula is C46H53N5O7. The molecule has 0 unspecified atom stereocenters. The SMILES string of the molecule is COC(=O)C[C@H](C(=O)N1CCC[C@H]1C1=Nc2ccc(-c3ccc4cc(C5=CN=C([C@@H]6CCCN6C(=O)[C@@H](NC(=O)OC)C(C)C)C5)ccc4c3)cc2C(=O)C1)C(C)C. The number of fused-ring (bicyclic) bond motifs is 2. The first kappa shape index (κ1) is 40.5. The summed E-state index contributed by atoms with van der Waals surface area (Å²) in [7, 11) is 2.63. The van der Waals surface area contributed by atoms with Crippen LogP contribution in [0.4, 0.5) is 10.5 Å². The zero-order valence-electron chi connectivity index (χ0n) is 34.2. The Balaban J connectivity index is 1.04. The lowest BCUT2D eigenvalue weighted by Crippen LogP contribution is -2.53. The van der Waals surface area contributed by atoms with Crippen LogP contribution in [0.15, 0.2) is 70.8 Å². The molecule has 4 atom stereocenters. The van der Waals surface area contributed by atoms with Crippen LogP contribution in [0.3, 0.4) is 0 Å². The van der Waals surface area contributed by atoms with E-state index in [-0.39, 0.29) is 54.4 Å². The Morgan fingerprint density at radius 1 is 0.759 bits per heavy atom. The molecule has 304 valence electrons. The number of hydrogen-bond donors (Lipinski definition) is 1. The number of hydrogen-bond acceptors (Lipinski definition) is 9. The minimum atomic E-state index is -0.674. The van der Waals surface area contributed by atoms with E-state index in [2.05, 4.69) is 41.7 Å². The lowest BCUT2D eigenvalue weighted by atomic mass is 9.89. The van der Waals surface area contributed by atoms with Crippen molar-refractivity contribution in [1.29, 1.82) is 0 Å². The number of ether oxygens (including phenoxy) is 2. The number of allylic oxidation sites excluding steroid dienone is 1. The van der Waals surface area contributed by atoms with Crippen molar-refractivity contribution in [3.05, 3.63) is 71.9 Å². The Morgan fingerprint density at radius 3 is 2.03 bits per heavy atom. The van der Waals surface area contributed by atoms with Crippen molar-refractivity contribution in [1.82, 2.24) is 15.1 Å². The van der Waals surface area contributed by atoms with E-state index in [1.54, 1.807) is 0 Å². The van der Waals surface area contributed by atoms with Crippen LogP contribution >= 0.6 is 0 Å². The number of likely N-dealkylation sites (tertiary alicyclic amines) is 2. The molecule has 12 nitrogen and oxygen atoms in total. The fraction of sp³-hybridized carbons (Fsp3) is 0.457. The lowest BCUT2D eigenvalue weighted by molar-refractivity contribution is -0.148. The fourth-order valence-corrected chi connectivity index (χ4v) is 8.85. The van der Waals surface area contributed by atoms with Gasteiger partial charge >= 0.3 is 12.1 Å². The molecule has 0 aliphatic carbocycles. The number of ketones is 1. The summed E-state index contributed by atoms with van der Waals surface area (Å²) in [5.74, 6) is -1.25. The summed E-state index contributed by atoms with van der Waals surface area (Å²) in [5, 5.41) is 4.85. The second-order valence-corrected chi connectivity index (χ2v) is 16.5. The third-order valence-corrected chi connectivity index (χ3v) is 12.2. The first-order chi connectivity index (χ1) is 27.9.